The summed E-state index contributed by atoms with van der Waals surface area (Å²) in [5.74, 6) is 4.02. The highest BCUT2D eigenvalue weighted by molar-refractivity contribution is 7.07. The van der Waals surface area contributed by atoms with Crippen LogP contribution in [0.15, 0.2) is 35.2 Å². The monoisotopic (exact) mass is 426 g/mol. The first-order chi connectivity index (χ1) is 14.7. The van der Waals surface area contributed by atoms with E-state index in [1.807, 2.05) is 19.1 Å². The van der Waals surface area contributed by atoms with Crippen LogP contribution in [-0.4, -0.2) is 58.3 Å². The lowest BCUT2D eigenvalue weighted by molar-refractivity contribution is 0.125. The Morgan fingerprint density at radius 1 is 1.20 bits per heavy atom. The highest BCUT2D eigenvalue weighted by Gasteiger charge is 2.44. The summed E-state index contributed by atoms with van der Waals surface area (Å²) in [7, 11) is 3.40. The van der Waals surface area contributed by atoms with Crippen molar-refractivity contribution in [1.82, 2.24) is 24.6 Å². The summed E-state index contributed by atoms with van der Waals surface area (Å²) in [6.45, 7) is 4.57. The zero-order valence-electron chi connectivity index (χ0n) is 17.5. The molecule has 1 N–H and O–H groups in total. The van der Waals surface area contributed by atoms with Crippen molar-refractivity contribution in [3.8, 4) is 11.5 Å². The molecule has 1 aromatic heterocycles. The van der Waals surface area contributed by atoms with Crippen LogP contribution in [0.3, 0.4) is 0 Å². The largest absolute Gasteiger partial charge is 0.497 e. The minimum absolute atomic E-state index is 0.345. The zero-order chi connectivity index (χ0) is 20.7. The van der Waals surface area contributed by atoms with Crippen molar-refractivity contribution in [3.63, 3.8) is 0 Å². The summed E-state index contributed by atoms with van der Waals surface area (Å²) in [5, 5.41) is 5.40. The van der Waals surface area contributed by atoms with E-state index >= 15 is 0 Å². The van der Waals surface area contributed by atoms with Crippen molar-refractivity contribution < 1.29 is 9.47 Å². The Bertz CT molecular complexity index is 999. The molecule has 0 spiro atoms. The number of nitrogens with zero attached hydrogens (tertiary/aromatic N) is 5. The zero-order valence-corrected chi connectivity index (χ0v) is 18.3. The van der Waals surface area contributed by atoms with Gasteiger partial charge in [-0.2, -0.15) is 9.47 Å². The van der Waals surface area contributed by atoms with Crippen LogP contribution < -0.4 is 14.9 Å². The molecule has 0 bridgehead atoms. The number of rotatable bonds is 6. The smallest absolute Gasteiger partial charge is 0.191 e. The highest BCUT2D eigenvalue weighted by Crippen LogP contribution is 2.43. The van der Waals surface area contributed by atoms with Gasteiger partial charge in [-0.3, -0.25) is 10.3 Å². The van der Waals surface area contributed by atoms with Gasteiger partial charge in [0.1, 0.15) is 17.3 Å². The third-order valence-corrected chi connectivity index (χ3v) is 6.71. The molecule has 1 saturated heterocycles. The maximum absolute atomic E-state index is 5.65. The van der Waals surface area contributed by atoms with Crippen LogP contribution in [0.4, 0.5) is 0 Å². The molecule has 1 aromatic carbocycles. The molecule has 3 heterocycles. The van der Waals surface area contributed by atoms with Crippen molar-refractivity contribution in [1.29, 1.82) is 0 Å². The maximum Gasteiger partial charge on any atom is 0.191 e. The molecular formula is C21H26N6O2S. The van der Waals surface area contributed by atoms with E-state index in [9.17, 15) is 0 Å². The molecule has 30 heavy (non-hydrogen) atoms. The molecule has 2 aromatic rings. The highest BCUT2D eigenvalue weighted by atomic mass is 32.1. The number of fused-ring (bicyclic) bond motifs is 1. The van der Waals surface area contributed by atoms with Crippen molar-refractivity contribution in [2.75, 3.05) is 27.3 Å². The fourth-order valence-electron chi connectivity index (χ4n) is 4.34. The molecule has 9 heteroatoms. The molecule has 1 aliphatic carbocycles. The minimum atomic E-state index is 0.345. The van der Waals surface area contributed by atoms with Crippen molar-refractivity contribution in [2.24, 2.45) is 11.0 Å². The minimum Gasteiger partial charge on any atom is -0.497 e. The fraction of sp³-hybridized carbons (Fsp3) is 0.476. The summed E-state index contributed by atoms with van der Waals surface area (Å²) >= 11 is 1.41. The quantitative estimate of drug-likeness (QED) is 0.761. The summed E-state index contributed by atoms with van der Waals surface area (Å²) < 4.78 is 15.3. The maximum atomic E-state index is 5.65. The molecule has 158 valence electrons. The van der Waals surface area contributed by atoms with Gasteiger partial charge in [-0.05, 0) is 43.3 Å². The third-order valence-electron chi connectivity index (χ3n) is 5.91. The van der Waals surface area contributed by atoms with Crippen molar-refractivity contribution >= 4 is 17.4 Å². The Hall–Kier alpha value is -2.65. The summed E-state index contributed by atoms with van der Waals surface area (Å²) in [6.07, 6.45) is 4.57. The van der Waals surface area contributed by atoms with Crippen LogP contribution in [-0.2, 0) is 6.54 Å². The standard InChI is InChI=1S/C21H26N6O2S/c1-13-23-21(30-25-13)20-24-22-11-17-19(14-4-5-14)26(8-9-27(17)20)12-15-6-7-16(28-2)10-18(15)29-3/h6-7,10-11,14,19,22H,4-5,8-9,12H2,1-3H3. The molecule has 1 atom stereocenters. The number of hydrogen-bond acceptors (Lipinski definition) is 9. The van der Waals surface area contributed by atoms with Crippen molar-refractivity contribution in [3.05, 3.63) is 46.5 Å². The van der Waals surface area contributed by atoms with Gasteiger partial charge in [0.05, 0.1) is 26.0 Å². The van der Waals surface area contributed by atoms with E-state index in [-0.39, 0.29) is 0 Å². The van der Waals surface area contributed by atoms with Crippen LogP contribution in [0.5, 0.6) is 11.5 Å². The topological polar surface area (TPSA) is 75.1 Å². The Labute approximate surface area is 180 Å². The molecule has 3 aliphatic rings. The van der Waals surface area contributed by atoms with Crippen LogP contribution >= 0.6 is 11.5 Å². The molecule has 2 aliphatic heterocycles. The second-order valence-corrected chi connectivity index (χ2v) is 8.61. The molecule has 8 nitrogen and oxygen atoms in total. The first-order valence-electron chi connectivity index (χ1n) is 10.2. The number of hydrazone groups is 1. The molecular weight excluding hydrogens is 400 g/mol. The van der Waals surface area contributed by atoms with E-state index in [4.69, 9.17) is 9.47 Å². The second-order valence-electron chi connectivity index (χ2n) is 7.86. The normalized spacial score (nSPS) is 21.4. The number of hydrogen-bond donors (Lipinski definition) is 1. The lowest BCUT2D eigenvalue weighted by atomic mass is 10.0. The number of methoxy groups -OCH3 is 2. The van der Waals surface area contributed by atoms with Gasteiger partial charge in [-0.25, -0.2) is 4.98 Å². The van der Waals surface area contributed by atoms with E-state index < -0.39 is 0 Å². The van der Waals surface area contributed by atoms with Crippen LogP contribution in [0.2, 0.25) is 0 Å². The Morgan fingerprint density at radius 2 is 2.07 bits per heavy atom. The van der Waals surface area contributed by atoms with Gasteiger partial charge < -0.3 is 14.4 Å². The van der Waals surface area contributed by atoms with Crippen LogP contribution in [0, 0.1) is 12.8 Å². The molecule has 0 radical (unpaired) electrons. The van der Waals surface area contributed by atoms with Gasteiger partial charge in [0.2, 0.25) is 0 Å². The molecule has 1 saturated carbocycles. The lowest BCUT2D eigenvalue weighted by Crippen LogP contribution is -2.55. The Kier molecular flexibility index (Phi) is 5.08. The summed E-state index contributed by atoms with van der Waals surface area (Å²) in [5.41, 5.74) is 5.58. The molecule has 1 unspecified atom stereocenters. The molecule has 0 amide bonds. The van der Waals surface area contributed by atoms with Gasteiger partial charge in [-0.15, -0.1) is 0 Å². The summed E-state index contributed by atoms with van der Waals surface area (Å²) in [4.78, 5) is 9.45. The number of piperazine rings is 1. The lowest BCUT2D eigenvalue weighted by Gasteiger charge is -2.45. The van der Waals surface area contributed by atoms with Gasteiger partial charge in [-0.1, -0.05) is 6.07 Å². The van der Waals surface area contributed by atoms with E-state index in [0.29, 0.717) is 12.0 Å². The number of aromatic nitrogens is 2. The molecule has 2 fully saturated rings. The number of ether oxygens (including phenoxy) is 2. The van der Waals surface area contributed by atoms with Gasteiger partial charge in [0.15, 0.2) is 10.8 Å². The van der Waals surface area contributed by atoms with Gasteiger partial charge >= 0.3 is 0 Å². The number of aryl methyl sites for hydroxylation is 1. The summed E-state index contributed by atoms with van der Waals surface area (Å²) in [6, 6.07) is 6.42. The van der Waals surface area contributed by atoms with Gasteiger partial charge in [0, 0.05) is 37.5 Å². The number of amidine groups is 1. The first-order valence-corrected chi connectivity index (χ1v) is 11.0. The average Bonchev–Trinajstić information content (AvgIpc) is 3.52. The van der Waals surface area contributed by atoms with E-state index in [1.165, 1.54) is 35.6 Å². The molecule has 5 rings (SSSR count). The third kappa shape index (κ3) is 3.52. The predicted molar refractivity (Wildman–Crippen MR) is 116 cm³/mol. The van der Waals surface area contributed by atoms with Crippen molar-refractivity contribution in [2.45, 2.75) is 32.4 Å². The van der Waals surface area contributed by atoms with Crippen LogP contribution in [0.1, 0.15) is 29.2 Å². The van der Waals surface area contributed by atoms with E-state index in [0.717, 1.165) is 47.8 Å². The SMILES string of the molecule is COc1ccc(CN2CCN3C(=CNN=C3c3nc(C)ns3)C2C2CC2)c(OC)c1. The Balaban J connectivity index is 1.41. The Morgan fingerprint density at radius 3 is 2.77 bits per heavy atom. The number of nitrogens with one attached hydrogen (secondary N) is 1. The average molecular weight is 427 g/mol. The van der Waals surface area contributed by atoms with E-state index in [2.05, 4.69) is 42.0 Å². The van der Waals surface area contributed by atoms with Crippen LogP contribution in [0.25, 0.3) is 0 Å². The first kappa shape index (κ1) is 19.3. The van der Waals surface area contributed by atoms with Gasteiger partial charge in [0.25, 0.3) is 0 Å². The second kappa shape index (κ2) is 7.88. The predicted octanol–water partition coefficient (Wildman–Crippen LogP) is 2.57. The van der Waals surface area contributed by atoms with E-state index in [1.54, 1.807) is 14.2 Å². The fourth-order valence-corrected chi connectivity index (χ4v) is 5.01. The number of benzene rings is 1.